The van der Waals surface area contributed by atoms with E-state index in [1.807, 2.05) is 18.2 Å². The van der Waals surface area contributed by atoms with E-state index in [4.69, 9.17) is 14.5 Å². The van der Waals surface area contributed by atoms with Crippen molar-refractivity contribution in [3.05, 3.63) is 48.0 Å². The molecule has 9 nitrogen and oxygen atoms in total. The molecule has 0 saturated carbocycles. The zero-order valence-electron chi connectivity index (χ0n) is 22.4. The number of aromatic nitrogens is 1. The van der Waals surface area contributed by atoms with Crippen LogP contribution in [0.25, 0.3) is 10.2 Å². The van der Waals surface area contributed by atoms with Gasteiger partial charge < -0.3 is 14.4 Å². The van der Waals surface area contributed by atoms with Crippen molar-refractivity contribution < 1.29 is 22.7 Å². The molecule has 0 N–H and O–H groups in total. The average molecular weight is 561 g/mol. The van der Waals surface area contributed by atoms with E-state index in [1.54, 1.807) is 31.2 Å². The largest absolute Gasteiger partial charge is 0.497 e. The smallest absolute Gasteiger partial charge is 0.260 e. The zero-order valence-corrected chi connectivity index (χ0v) is 24.1. The Hall–Kier alpha value is -2.57. The normalized spacial score (nSPS) is 16.0. The van der Waals surface area contributed by atoms with Gasteiger partial charge in [-0.2, -0.15) is 4.31 Å². The number of carbonyl (C=O) groups is 1. The first-order chi connectivity index (χ1) is 18.3. The molecule has 0 spiro atoms. The number of rotatable bonds is 12. The van der Waals surface area contributed by atoms with E-state index >= 15 is 0 Å². The molecule has 1 amide bonds. The summed E-state index contributed by atoms with van der Waals surface area (Å²) in [5.41, 5.74) is 1.17. The summed E-state index contributed by atoms with van der Waals surface area (Å²) >= 11 is 1.45. The molecule has 1 aliphatic rings. The molecule has 0 aliphatic carbocycles. The Morgan fingerprint density at radius 2 is 1.87 bits per heavy atom. The highest BCUT2D eigenvalue weighted by Gasteiger charge is 2.27. The molecule has 1 saturated heterocycles. The maximum Gasteiger partial charge on any atom is 0.260 e. The Morgan fingerprint density at radius 3 is 2.50 bits per heavy atom. The summed E-state index contributed by atoms with van der Waals surface area (Å²) in [4.78, 5) is 22.5. The summed E-state index contributed by atoms with van der Waals surface area (Å²) in [5.74, 6) is 0.483. The van der Waals surface area contributed by atoms with Gasteiger partial charge in [-0.3, -0.25) is 9.69 Å². The molecular formula is C27H36N4O5S2. The summed E-state index contributed by atoms with van der Waals surface area (Å²) in [6.45, 7) is 8.07. The number of anilines is 1. The van der Waals surface area contributed by atoms with Gasteiger partial charge in [-0.25, -0.2) is 13.4 Å². The van der Waals surface area contributed by atoms with Crippen molar-refractivity contribution >= 4 is 42.6 Å². The number of thiazole rings is 1. The molecule has 38 heavy (non-hydrogen) atoms. The molecular weight excluding hydrogens is 524 g/mol. The molecule has 4 rings (SSSR count). The maximum absolute atomic E-state index is 13.7. The van der Waals surface area contributed by atoms with Gasteiger partial charge in [0.15, 0.2) is 5.13 Å². The fourth-order valence-electron chi connectivity index (χ4n) is 4.48. The molecule has 1 atom stereocenters. The van der Waals surface area contributed by atoms with Crippen LogP contribution in [-0.2, 0) is 14.8 Å². The van der Waals surface area contributed by atoms with Gasteiger partial charge >= 0.3 is 0 Å². The minimum absolute atomic E-state index is 0.0798. The highest BCUT2D eigenvalue weighted by molar-refractivity contribution is 7.89. The third-order valence-corrected chi connectivity index (χ3v) is 9.78. The second kappa shape index (κ2) is 12.5. The molecule has 3 aromatic rings. The number of sulfonamides is 1. The second-order valence-corrected chi connectivity index (χ2v) is 12.3. The van der Waals surface area contributed by atoms with Crippen LogP contribution in [0.4, 0.5) is 5.13 Å². The number of benzene rings is 2. The highest BCUT2D eigenvalue weighted by atomic mass is 32.2. The Labute approximate surface area is 229 Å². The molecule has 2 aromatic carbocycles. The van der Waals surface area contributed by atoms with Gasteiger partial charge in [-0.1, -0.05) is 25.2 Å². The number of likely N-dealkylation sites (N-methyl/N-ethyl adjacent to an activating group) is 2. The average Bonchev–Trinajstić information content (AvgIpc) is 3.60. The molecule has 1 aromatic heterocycles. The van der Waals surface area contributed by atoms with Crippen LogP contribution in [0, 0.1) is 0 Å². The zero-order chi connectivity index (χ0) is 27.3. The van der Waals surface area contributed by atoms with Crippen molar-refractivity contribution in [3.8, 4) is 5.75 Å². The van der Waals surface area contributed by atoms with Crippen molar-refractivity contribution in [2.75, 3.05) is 58.4 Å². The van der Waals surface area contributed by atoms with E-state index in [-0.39, 0.29) is 16.9 Å². The number of hydrogen-bond donors (Lipinski definition) is 0. The van der Waals surface area contributed by atoms with Crippen LogP contribution >= 0.6 is 11.3 Å². The van der Waals surface area contributed by atoms with Gasteiger partial charge in [0.05, 0.1) is 28.3 Å². The van der Waals surface area contributed by atoms with Crippen LogP contribution in [0.15, 0.2) is 47.4 Å². The van der Waals surface area contributed by atoms with E-state index in [2.05, 4.69) is 18.7 Å². The molecule has 1 aliphatic heterocycles. The van der Waals surface area contributed by atoms with Gasteiger partial charge in [0, 0.05) is 44.9 Å². The number of carbonyl (C=O) groups excluding carboxylic acids is 1. The number of methoxy groups -OCH3 is 1. The molecule has 2 heterocycles. The van der Waals surface area contributed by atoms with Crippen LogP contribution < -0.4 is 9.64 Å². The Balaban J connectivity index is 1.58. The van der Waals surface area contributed by atoms with Crippen LogP contribution in [-0.4, -0.2) is 88.1 Å². The summed E-state index contributed by atoms with van der Waals surface area (Å²) in [7, 11) is -0.522. The minimum Gasteiger partial charge on any atom is -0.497 e. The van der Waals surface area contributed by atoms with E-state index < -0.39 is 10.0 Å². The Morgan fingerprint density at radius 1 is 1.13 bits per heavy atom. The lowest BCUT2D eigenvalue weighted by Gasteiger charge is -2.25. The number of ether oxygens (including phenoxy) is 2. The number of fused-ring (bicyclic) bond motifs is 1. The highest BCUT2D eigenvalue weighted by Crippen LogP contribution is 2.32. The predicted octanol–water partition coefficient (Wildman–Crippen LogP) is 4.09. The third kappa shape index (κ3) is 6.35. The fourth-order valence-corrected chi connectivity index (χ4v) is 6.65. The Kier molecular flexibility index (Phi) is 9.37. The van der Waals surface area contributed by atoms with Gasteiger partial charge in [0.25, 0.3) is 5.91 Å². The van der Waals surface area contributed by atoms with Crippen LogP contribution in [0.3, 0.4) is 0 Å². The van der Waals surface area contributed by atoms with Gasteiger partial charge in [0.2, 0.25) is 10.0 Å². The fraction of sp³-hybridized carbons (Fsp3) is 0.481. The molecule has 1 unspecified atom stereocenters. The SMILES string of the molecule is CCN(CC)CCN(C(=O)c1ccc(S(=O)(=O)N(C)CC2CCCO2)cc1)c1nc2cc(OC)ccc2s1. The summed E-state index contributed by atoms with van der Waals surface area (Å²) in [6, 6.07) is 11.8. The van der Waals surface area contributed by atoms with Crippen molar-refractivity contribution in [3.63, 3.8) is 0 Å². The molecule has 0 radical (unpaired) electrons. The van der Waals surface area contributed by atoms with E-state index in [0.29, 0.717) is 42.7 Å². The number of amides is 1. The standard InChI is InChI=1S/C27H36N4O5S2/c1-5-30(6-2)15-16-31(27-28-24-18-21(35-4)11-14-25(24)37-27)26(32)20-9-12-23(13-10-20)38(33,34)29(3)19-22-8-7-17-36-22/h9-14,18,22H,5-8,15-17,19H2,1-4H3. The number of hydrogen-bond acceptors (Lipinski definition) is 8. The summed E-state index contributed by atoms with van der Waals surface area (Å²) in [5, 5.41) is 0.596. The molecule has 11 heteroatoms. The molecule has 0 bridgehead atoms. The molecule has 206 valence electrons. The number of nitrogens with zero attached hydrogens (tertiary/aromatic N) is 4. The predicted molar refractivity (Wildman–Crippen MR) is 151 cm³/mol. The van der Waals surface area contributed by atoms with Crippen molar-refractivity contribution in [2.24, 2.45) is 0 Å². The minimum atomic E-state index is -3.69. The maximum atomic E-state index is 13.7. The van der Waals surface area contributed by atoms with Crippen molar-refractivity contribution in [1.29, 1.82) is 0 Å². The van der Waals surface area contributed by atoms with Crippen LogP contribution in [0.2, 0.25) is 0 Å². The first kappa shape index (κ1) is 28.4. The van der Waals surface area contributed by atoms with Crippen LogP contribution in [0.5, 0.6) is 5.75 Å². The van der Waals surface area contributed by atoms with Gasteiger partial charge in [-0.15, -0.1) is 0 Å². The summed E-state index contributed by atoms with van der Waals surface area (Å²) in [6.07, 6.45) is 1.72. The first-order valence-corrected chi connectivity index (χ1v) is 15.2. The van der Waals surface area contributed by atoms with E-state index in [0.717, 1.165) is 36.1 Å². The Bertz CT molecular complexity index is 1330. The topological polar surface area (TPSA) is 92.3 Å². The first-order valence-electron chi connectivity index (χ1n) is 12.9. The van der Waals surface area contributed by atoms with E-state index in [9.17, 15) is 13.2 Å². The molecule has 1 fully saturated rings. The summed E-state index contributed by atoms with van der Waals surface area (Å²) < 4.78 is 39.4. The van der Waals surface area contributed by atoms with Crippen molar-refractivity contribution in [2.45, 2.75) is 37.7 Å². The van der Waals surface area contributed by atoms with Crippen LogP contribution in [0.1, 0.15) is 37.0 Å². The third-order valence-electron chi connectivity index (χ3n) is 6.89. The lowest BCUT2D eigenvalue weighted by Crippen LogP contribution is -2.39. The lowest BCUT2D eigenvalue weighted by atomic mass is 10.2. The second-order valence-electron chi connectivity index (χ2n) is 9.26. The van der Waals surface area contributed by atoms with Crippen molar-refractivity contribution in [1.82, 2.24) is 14.2 Å². The van der Waals surface area contributed by atoms with Gasteiger partial charge in [0.1, 0.15) is 5.75 Å². The van der Waals surface area contributed by atoms with E-state index in [1.165, 1.54) is 27.8 Å². The quantitative estimate of drug-likeness (QED) is 0.329. The lowest BCUT2D eigenvalue weighted by molar-refractivity contribution is 0.0978. The van der Waals surface area contributed by atoms with Gasteiger partial charge in [-0.05, 0) is 62.3 Å². The monoisotopic (exact) mass is 560 g/mol.